The van der Waals surface area contributed by atoms with Crippen LogP contribution in [-0.2, 0) is 11.3 Å². The van der Waals surface area contributed by atoms with Crippen molar-refractivity contribution in [2.45, 2.75) is 18.1 Å². The fourth-order valence-corrected chi connectivity index (χ4v) is 2.86. The van der Waals surface area contributed by atoms with Gasteiger partial charge in [0.25, 0.3) is 0 Å². The molecular weight excluding hydrogens is 328 g/mol. The molecule has 2 aromatic rings. The summed E-state index contributed by atoms with van der Waals surface area (Å²) >= 11 is 4.65. The molecule has 4 nitrogen and oxygen atoms in total. The number of halogens is 1. The molecule has 0 amide bonds. The van der Waals surface area contributed by atoms with Crippen molar-refractivity contribution in [2.75, 3.05) is 5.75 Å². The second-order valence-electron chi connectivity index (χ2n) is 3.94. The highest BCUT2D eigenvalue weighted by molar-refractivity contribution is 9.10. The third kappa shape index (κ3) is 3.39. The monoisotopic (exact) mass is 340 g/mol. The van der Waals surface area contributed by atoms with E-state index >= 15 is 0 Å². The smallest absolute Gasteiger partial charge is 0.313 e. The maximum absolute atomic E-state index is 10.7. The van der Waals surface area contributed by atoms with Crippen LogP contribution in [0, 0.1) is 0 Å². The number of hydrogen-bond acceptors (Lipinski definition) is 3. The topological polar surface area (TPSA) is 55.1 Å². The number of nitrogens with zero attached hydrogens (tertiary/aromatic N) is 2. The first-order valence-electron chi connectivity index (χ1n) is 5.73. The number of allylic oxidation sites excluding steroid dienone is 1. The van der Waals surface area contributed by atoms with Gasteiger partial charge in [0.15, 0.2) is 5.16 Å². The van der Waals surface area contributed by atoms with E-state index in [9.17, 15) is 4.79 Å². The summed E-state index contributed by atoms with van der Waals surface area (Å²) in [7, 11) is 0. The molecule has 0 aliphatic heterocycles. The van der Waals surface area contributed by atoms with Gasteiger partial charge in [-0.3, -0.25) is 4.79 Å². The zero-order chi connectivity index (χ0) is 13.8. The lowest BCUT2D eigenvalue weighted by Gasteiger charge is -2.06. The van der Waals surface area contributed by atoms with Crippen LogP contribution < -0.4 is 0 Å². The van der Waals surface area contributed by atoms with Crippen molar-refractivity contribution in [3.63, 3.8) is 0 Å². The number of rotatable bonds is 6. The van der Waals surface area contributed by atoms with E-state index in [1.165, 1.54) is 11.8 Å². The molecular formula is C13H13BrN2O2S. The molecule has 0 aliphatic carbocycles. The van der Waals surface area contributed by atoms with Gasteiger partial charge in [0.1, 0.15) is 0 Å². The van der Waals surface area contributed by atoms with E-state index in [4.69, 9.17) is 5.11 Å². The number of benzene rings is 1. The maximum Gasteiger partial charge on any atom is 0.313 e. The summed E-state index contributed by atoms with van der Waals surface area (Å²) in [6.45, 7) is 4.47. The molecule has 19 heavy (non-hydrogen) atoms. The quantitative estimate of drug-likeness (QED) is 0.645. The molecule has 6 heteroatoms. The summed E-state index contributed by atoms with van der Waals surface area (Å²) in [6, 6.07) is 5.88. The molecule has 0 saturated heterocycles. The van der Waals surface area contributed by atoms with Gasteiger partial charge in [0.2, 0.25) is 0 Å². The Kier molecular flexibility index (Phi) is 4.66. The van der Waals surface area contributed by atoms with E-state index in [-0.39, 0.29) is 5.75 Å². The highest BCUT2D eigenvalue weighted by Gasteiger charge is 2.12. The van der Waals surface area contributed by atoms with Gasteiger partial charge in [0.05, 0.1) is 16.8 Å². The van der Waals surface area contributed by atoms with Crippen molar-refractivity contribution in [3.8, 4) is 0 Å². The van der Waals surface area contributed by atoms with E-state index in [1.807, 2.05) is 28.8 Å². The Morgan fingerprint density at radius 2 is 2.37 bits per heavy atom. The second kappa shape index (κ2) is 6.25. The van der Waals surface area contributed by atoms with Crippen LogP contribution in [0.5, 0.6) is 0 Å². The molecule has 1 aromatic carbocycles. The Morgan fingerprint density at radius 1 is 1.58 bits per heavy atom. The lowest BCUT2D eigenvalue weighted by Crippen LogP contribution is -2.03. The minimum absolute atomic E-state index is 0.0125. The number of carboxylic acid groups (broad SMARTS) is 1. The van der Waals surface area contributed by atoms with E-state index in [2.05, 4.69) is 27.5 Å². The lowest BCUT2D eigenvalue weighted by atomic mass is 10.3. The third-order valence-corrected chi connectivity index (χ3v) is 4.01. The highest BCUT2D eigenvalue weighted by Crippen LogP contribution is 2.26. The van der Waals surface area contributed by atoms with Gasteiger partial charge in [0, 0.05) is 11.0 Å². The average Bonchev–Trinajstić information content (AvgIpc) is 2.70. The van der Waals surface area contributed by atoms with Gasteiger partial charge in [-0.25, -0.2) is 4.98 Å². The predicted octanol–water partition coefficient (Wildman–Crippen LogP) is 3.55. The number of carboxylic acids is 1. The van der Waals surface area contributed by atoms with Crippen LogP contribution in [0.1, 0.15) is 6.42 Å². The zero-order valence-corrected chi connectivity index (χ0v) is 12.6. The summed E-state index contributed by atoms with van der Waals surface area (Å²) in [6.07, 6.45) is 2.67. The summed E-state index contributed by atoms with van der Waals surface area (Å²) in [4.78, 5) is 15.2. The molecule has 0 atom stereocenters. The van der Waals surface area contributed by atoms with Crippen molar-refractivity contribution in [1.82, 2.24) is 9.55 Å². The van der Waals surface area contributed by atoms with Crippen molar-refractivity contribution in [3.05, 3.63) is 35.3 Å². The van der Waals surface area contributed by atoms with Crippen LogP contribution in [0.15, 0.2) is 40.5 Å². The van der Waals surface area contributed by atoms with Gasteiger partial charge < -0.3 is 9.67 Å². The average molecular weight is 341 g/mol. The van der Waals surface area contributed by atoms with E-state index < -0.39 is 5.97 Å². The Morgan fingerprint density at radius 3 is 3.05 bits per heavy atom. The molecule has 100 valence electrons. The first-order valence-corrected chi connectivity index (χ1v) is 7.51. The van der Waals surface area contributed by atoms with Gasteiger partial charge in [-0.1, -0.05) is 33.8 Å². The maximum atomic E-state index is 10.7. The molecule has 1 N–H and O–H groups in total. The Labute approximate surface area is 123 Å². The highest BCUT2D eigenvalue weighted by atomic mass is 79.9. The first kappa shape index (κ1) is 14.1. The van der Waals surface area contributed by atoms with Crippen LogP contribution >= 0.6 is 27.7 Å². The Balaban J connectivity index is 2.41. The van der Waals surface area contributed by atoms with Crippen molar-refractivity contribution in [2.24, 2.45) is 0 Å². The summed E-state index contributed by atoms with van der Waals surface area (Å²) in [5, 5.41) is 9.51. The van der Waals surface area contributed by atoms with Crippen molar-refractivity contribution in [1.29, 1.82) is 0 Å². The van der Waals surface area contributed by atoms with Crippen LogP contribution in [0.3, 0.4) is 0 Å². The molecule has 0 radical (unpaired) electrons. The molecule has 0 aliphatic rings. The largest absolute Gasteiger partial charge is 0.481 e. The van der Waals surface area contributed by atoms with E-state index in [0.717, 1.165) is 33.6 Å². The molecule has 0 unspecified atom stereocenters. The van der Waals surface area contributed by atoms with Crippen LogP contribution in [0.25, 0.3) is 11.0 Å². The number of imidazole rings is 1. The number of hydrogen-bond donors (Lipinski definition) is 1. The van der Waals surface area contributed by atoms with Gasteiger partial charge in [-0.2, -0.15) is 0 Å². The minimum atomic E-state index is -0.839. The summed E-state index contributed by atoms with van der Waals surface area (Å²) in [5.41, 5.74) is 1.88. The third-order valence-electron chi connectivity index (χ3n) is 2.56. The molecule has 1 heterocycles. The van der Waals surface area contributed by atoms with Crippen LogP contribution in [-0.4, -0.2) is 26.4 Å². The lowest BCUT2D eigenvalue weighted by molar-refractivity contribution is -0.133. The fourth-order valence-electron chi connectivity index (χ4n) is 1.75. The number of aliphatic carboxylic acids is 1. The van der Waals surface area contributed by atoms with Crippen LogP contribution in [0.4, 0.5) is 0 Å². The van der Waals surface area contributed by atoms with Gasteiger partial charge in [-0.15, -0.1) is 6.58 Å². The molecule has 0 bridgehead atoms. The Bertz CT molecular complexity index is 624. The first-order chi connectivity index (χ1) is 9.11. The predicted molar refractivity (Wildman–Crippen MR) is 80.6 cm³/mol. The zero-order valence-electron chi connectivity index (χ0n) is 10.2. The minimum Gasteiger partial charge on any atom is -0.481 e. The molecule has 0 spiro atoms. The molecule has 0 fully saturated rings. The van der Waals surface area contributed by atoms with Crippen molar-refractivity contribution < 1.29 is 9.90 Å². The van der Waals surface area contributed by atoms with E-state index in [1.54, 1.807) is 0 Å². The molecule has 0 saturated carbocycles. The van der Waals surface area contributed by atoms with Gasteiger partial charge in [-0.05, 0) is 24.6 Å². The van der Waals surface area contributed by atoms with Gasteiger partial charge >= 0.3 is 5.97 Å². The van der Waals surface area contributed by atoms with Crippen LogP contribution in [0.2, 0.25) is 0 Å². The summed E-state index contributed by atoms with van der Waals surface area (Å²) in [5.74, 6) is -0.827. The number of aromatic nitrogens is 2. The molecule has 2 rings (SSSR count). The van der Waals surface area contributed by atoms with E-state index in [0.29, 0.717) is 0 Å². The fraction of sp³-hybridized carbons (Fsp3) is 0.231. The Hall–Kier alpha value is -1.27. The second-order valence-corrected chi connectivity index (χ2v) is 5.80. The number of fused-ring (bicyclic) bond motifs is 1. The van der Waals surface area contributed by atoms with Crippen molar-refractivity contribution >= 4 is 44.7 Å². The number of aryl methyl sites for hydroxylation is 1. The number of carbonyl (C=O) groups is 1. The summed E-state index contributed by atoms with van der Waals surface area (Å²) < 4.78 is 3.00. The standard InChI is InChI=1S/C13H13BrN2O2S/c1-2-3-6-16-11-5-4-9(14)7-10(11)15-13(16)19-8-12(17)18/h2,4-5,7H,1,3,6,8H2,(H,17,18). The molecule has 1 aromatic heterocycles. The normalized spacial score (nSPS) is 10.8. The SMILES string of the molecule is C=CCCn1c(SCC(=O)O)nc2cc(Br)ccc21. The number of thioether (sulfide) groups is 1.